The lowest BCUT2D eigenvalue weighted by Gasteiger charge is -2.22. The Hall–Kier alpha value is -1.85. The van der Waals surface area contributed by atoms with E-state index in [2.05, 4.69) is 5.32 Å². The third-order valence-electron chi connectivity index (χ3n) is 4.86. The molecule has 3 rings (SSSR count). The van der Waals surface area contributed by atoms with E-state index in [-0.39, 0.29) is 16.5 Å². The number of carbonyl (C=O) groups excluding carboxylic acids is 1. The SMILES string of the molecule is CS(=O)(=O)c1ccc(Cl)c(NC(=O)c2ccc(C3CCCCC3)cc2)c1. The Morgan fingerprint density at radius 2 is 1.69 bits per heavy atom. The van der Waals surface area contributed by atoms with Gasteiger partial charge in [0.1, 0.15) is 0 Å². The molecule has 1 amide bonds. The van der Waals surface area contributed by atoms with Crippen LogP contribution < -0.4 is 5.32 Å². The smallest absolute Gasteiger partial charge is 0.255 e. The number of anilines is 1. The second-order valence-electron chi connectivity index (χ2n) is 6.82. The van der Waals surface area contributed by atoms with Crippen LogP contribution in [0.15, 0.2) is 47.4 Å². The van der Waals surface area contributed by atoms with Gasteiger partial charge in [0, 0.05) is 11.8 Å². The average Bonchev–Trinajstić information content (AvgIpc) is 2.63. The zero-order chi connectivity index (χ0) is 18.7. The number of amides is 1. The monoisotopic (exact) mass is 391 g/mol. The zero-order valence-corrected chi connectivity index (χ0v) is 16.2. The molecule has 0 aromatic heterocycles. The third-order valence-corrected chi connectivity index (χ3v) is 6.30. The van der Waals surface area contributed by atoms with E-state index in [0.29, 0.717) is 16.5 Å². The van der Waals surface area contributed by atoms with Gasteiger partial charge in [0.25, 0.3) is 5.91 Å². The van der Waals surface area contributed by atoms with E-state index in [1.807, 2.05) is 24.3 Å². The molecule has 26 heavy (non-hydrogen) atoms. The molecule has 0 bridgehead atoms. The van der Waals surface area contributed by atoms with Gasteiger partial charge in [0.15, 0.2) is 9.84 Å². The highest BCUT2D eigenvalue weighted by Gasteiger charge is 2.17. The van der Waals surface area contributed by atoms with Gasteiger partial charge < -0.3 is 5.32 Å². The van der Waals surface area contributed by atoms with Gasteiger partial charge in [-0.25, -0.2) is 8.42 Å². The van der Waals surface area contributed by atoms with E-state index in [1.165, 1.54) is 55.9 Å². The van der Waals surface area contributed by atoms with Gasteiger partial charge in [0.2, 0.25) is 0 Å². The largest absolute Gasteiger partial charge is 0.321 e. The van der Waals surface area contributed by atoms with Crippen molar-refractivity contribution in [3.8, 4) is 0 Å². The third kappa shape index (κ3) is 4.46. The van der Waals surface area contributed by atoms with Crippen LogP contribution >= 0.6 is 11.6 Å². The van der Waals surface area contributed by atoms with Gasteiger partial charge in [-0.05, 0) is 54.7 Å². The maximum absolute atomic E-state index is 12.5. The van der Waals surface area contributed by atoms with Crippen molar-refractivity contribution in [1.29, 1.82) is 0 Å². The average molecular weight is 392 g/mol. The van der Waals surface area contributed by atoms with Crippen LogP contribution in [0.4, 0.5) is 5.69 Å². The van der Waals surface area contributed by atoms with Crippen LogP contribution in [0, 0.1) is 0 Å². The van der Waals surface area contributed by atoms with Gasteiger partial charge in [-0.1, -0.05) is 43.0 Å². The molecule has 0 saturated heterocycles. The zero-order valence-electron chi connectivity index (χ0n) is 14.7. The van der Waals surface area contributed by atoms with Crippen LogP contribution in [0.25, 0.3) is 0 Å². The highest BCUT2D eigenvalue weighted by atomic mass is 35.5. The van der Waals surface area contributed by atoms with E-state index in [4.69, 9.17) is 11.6 Å². The first-order valence-electron chi connectivity index (χ1n) is 8.75. The summed E-state index contributed by atoms with van der Waals surface area (Å²) in [6.45, 7) is 0. The van der Waals surface area contributed by atoms with E-state index >= 15 is 0 Å². The summed E-state index contributed by atoms with van der Waals surface area (Å²) >= 11 is 6.10. The number of hydrogen-bond donors (Lipinski definition) is 1. The second kappa shape index (κ2) is 7.80. The van der Waals surface area contributed by atoms with Crippen LogP contribution in [-0.2, 0) is 9.84 Å². The minimum Gasteiger partial charge on any atom is -0.321 e. The molecule has 0 spiro atoms. The first-order chi connectivity index (χ1) is 12.3. The van der Waals surface area contributed by atoms with Crippen molar-refractivity contribution in [2.75, 3.05) is 11.6 Å². The molecule has 1 N–H and O–H groups in total. The van der Waals surface area contributed by atoms with Crippen LogP contribution in [0.1, 0.15) is 53.9 Å². The summed E-state index contributed by atoms with van der Waals surface area (Å²) < 4.78 is 23.4. The quantitative estimate of drug-likeness (QED) is 0.793. The van der Waals surface area contributed by atoms with Gasteiger partial charge in [-0.2, -0.15) is 0 Å². The fraction of sp³-hybridized carbons (Fsp3) is 0.350. The summed E-state index contributed by atoms with van der Waals surface area (Å²) in [7, 11) is -3.37. The maximum atomic E-state index is 12.5. The summed E-state index contributed by atoms with van der Waals surface area (Å²) in [4.78, 5) is 12.6. The molecule has 6 heteroatoms. The number of halogens is 1. The molecule has 0 heterocycles. The molecule has 0 radical (unpaired) electrons. The highest BCUT2D eigenvalue weighted by Crippen LogP contribution is 2.32. The molecule has 2 aromatic carbocycles. The van der Waals surface area contributed by atoms with Crippen LogP contribution in [0.3, 0.4) is 0 Å². The van der Waals surface area contributed by atoms with Gasteiger partial charge >= 0.3 is 0 Å². The number of rotatable bonds is 4. The maximum Gasteiger partial charge on any atom is 0.255 e. The molecule has 1 aliphatic rings. The predicted molar refractivity (Wildman–Crippen MR) is 105 cm³/mol. The van der Waals surface area contributed by atoms with Crippen molar-refractivity contribution in [2.24, 2.45) is 0 Å². The molecular formula is C20H22ClNO3S. The van der Waals surface area contributed by atoms with E-state index in [1.54, 1.807) is 0 Å². The molecule has 0 atom stereocenters. The normalized spacial score (nSPS) is 15.6. The standard InChI is InChI=1S/C20H22ClNO3S/c1-26(24,25)17-11-12-18(21)19(13-17)22-20(23)16-9-7-15(8-10-16)14-5-3-2-4-6-14/h7-14H,2-6H2,1H3,(H,22,23). The van der Waals surface area contributed by atoms with Gasteiger partial charge in [0.05, 0.1) is 15.6 Å². The van der Waals surface area contributed by atoms with E-state index in [9.17, 15) is 13.2 Å². The molecule has 1 aliphatic carbocycles. The van der Waals surface area contributed by atoms with Crippen LogP contribution in [-0.4, -0.2) is 20.6 Å². The number of benzene rings is 2. The molecule has 1 saturated carbocycles. The molecule has 1 fully saturated rings. The number of hydrogen-bond acceptors (Lipinski definition) is 3. The lowest BCUT2D eigenvalue weighted by molar-refractivity contribution is 0.102. The van der Waals surface area contributed by atoms with Crippen molar-refractivity contribution >= 4 is 33.0 Å². The molecule has 0 unspecified atom stereocenters. The van der Waals surface area contributed by atoms with Crippen molar-refractivity contribution in [3.63, 3.8) is 0 Å². The molecule has 0 aliphatic heterocycles. The number of nitrogens with one attached hydrogen (secondary N) is 1. The summed E-state index contributed by atoms with van der Waals surface area (Å²) in [5.41, 5.74) is 2.08. The summed E-state index contributed by atoms with van der Waals surface area (Å²) in [6.07, 6.45) is 7.37. The van der Waals surface area contributed by atoms with Crippen molar-refractivity contribution < 1.29 is 13.2 Å². The van der Waals surface area contributed by atoms with E-state index < -0.39 is 9.84 Å². The Morgan fingerprint density at radius 3 is 2.31 bits per heavy atom. The van der Waals surface area contributed by atoms with Crippen molar-refractivity contribution in [3.05, 3.63) is 58.6 Å². The minimum absolute atomic E-state index is 0.116. The summed E-state index contributed by atoms with van der Waals surface area (Å²) in [5.74, 6) is 0.273. The van der Waals surface area contributed by atoms with E-state index in [0.717, 1.165) is 6.26 Å². The Morgan fingerprint density at radius 1 is 1.04 bits per heavy atom. The number of sulfone groups is 1. The topological polar surface area (TPSA) is 63.2 Å². The van der Waals surface area contributed by atoms with Gasteiger partial charge in [-0.15, -0.1) is 0 Å². The van der Waals surface area contributed by atoms with Crippen molar-refractivity contribution in [2.45, 2.75) is 42.9 Å². The highest BCUT2D eigenvalue weighted by molar-refractivity contribution is 7.90. The van der Waals surface area contributed by atoms with Crippen LogP contribution in [0.5, 0.6) is 0 Å². The Kier molecular flexibility index (Phi) is 5.68. The first kappa shape index (κ1) is 18.9. The second-order valence-corrected chi connectivity index (χ2v) is 9.25. The molecule has 138 valence electrons. The van der Waals surface area contributed by atoms with Crippen LogP contribution in [0.2, 0.25) is 5.02 Å². The fourth-order valence-electron chi connectivity index (χ4n) is 3.37. The number of carbonyl (C=O) groups is 1. The summed E-state index contributed by atoms with van der Waals surface area (Å²) in [6, 6.07) is 11.9. The van der Waals surface area contributed by atoms with Crippen molar-refractivity contribution in [1.82, 2.24) is 0 Å². The Balaban J connectivity index is 1.76. The Labute approximate surface area is 159 Å². The predicted octanol–water partition coefficient (Wildman–Crippen LogP) is 5.04. The minimum atomic E-state index is -3.37. The molecular weight excluding hydrogens is 370 g/mol. The van der Waals surface area contributed by atoms with Gasteiger partial charge in [-0.3, -0.25) is 4.79 Å². The lowest BCUT2D eigenvalue weighted by Crippen LogP contribution is -2.13. The molecule has 2 aromatic rings. The lowest BCUT2D eigenvalue weighted by atomic mass is 9.84. The fourth-order valence-corrected chi connectivity index (χ4v) is 4.18. The molecule has 4 nitrogen and oxygen atoms in total. The Bertz CT molecular complexity index is 901. The first-order valence-corrected chi connectivity index (χ1v) is 11.0. The summed E-state index contributed by atoms with van der Waals surface area (Å²) in [5, 5.41) is 3.00.